The van der Waals surface area contributed by atoms with Gasteiger partial charge in [-0.15, -0.1) is 0 Å². The monoisotopic (exact) mass is 439 g/mol. The first-order chi connectivity index (χ1) is 15.9. The number of carbonyl (C=O) groups is 1. The van der Waals surface area contributed by atoms with E-state index in [4.69, 9.17) is 4.98 Å². The Morgan fingerprint density at radius 1 is 0.939 bits per heavy atom. The molecular weight excluding hydrogens is 410 g/mol. The highest BCUT2D eigenvalue weighted by molar-refractivity contribution is 5.96. The van der Waals surface area contributed by atoms with Gasteiger partial charge in [-0.05, 0) is 62.6 Å². The number of hydrogen-bond donors (Lipinski definition) is 0. The zero-order chi connectivity index (χ0) is 23.5. The molecule has 5 heteroatoms. The normalized spacial score (nSPS) is 12.0. The van der Waals surface area contributed by atoms with Crippen LogP contribution in [0.1, 0.15) is 53.6 Å². The van der Waals surface area contributed by atoms with E-state index in [1.54, 1.807) is 10.6 Å². The van der Waals surface area contributed by atoms with E-state index in [2.05, 4.69) is 0 Å². The van der Waals surface area contributed by atoms with Crippen molar-refractivity contribution < 1.29 is 4.79 Å². The Balaban J connectivity index is 1.94. The van der Waals surface area contributed by atoms with Crippen molar-refractivity contribution in [2.45, 2.75) is 40.2 Å². The van der Waals surface area contributed by atoms with Crippen molar-refractivity contribution in [2.75, 3.05) is 6.54 Å². The zero-order valence-electron chi connectivity index (χ0n) is 19.6. The number of benzene rings is 3. The molecule has 0 N–H and O–H groups in total. The van der Waals surface area contributed by atoms with E-state index in [0.29, 0.717) is 28.8 Å². The molecule has 0 aliphatic heterocycles. The van der Waals surface area contributed by atoms with Crippen LogP contribution in [-0.4, -0.2) is 26.9 Å². The van der Waals surface area contributed by atoms with Gasteiger partial charge in [0.25, 0.3) is 11.5 Å². The molecule has 0 bridgehead atoms. The van der Waals surface area contributed by atoms with Gasteiger partial charge in [-0.1, -0.05) is 55.5 Å². The summed E-state index contributed by atoms with van der Waals surface area (Å²) in [6.45, 7) is 8.49. The molecule has 168 valence electrons. The van der Waals surface area contributed by atoms with Crippen molar-refractivity contribution in [3.8, 4) is 5.69 Å². The molecule has 0 spiro atoms. The molecule has 3 aromatic carbocycles. The van der Waals surface area contributed by atoms with E-state index in [-0.39, 0.29) is 11.5 Å². The van der Waals surface area contributed by atoms with E-state index >= 15 is 0 Å². The van der Waals surface area contributed by atoms with Crippen LogP contribution in [0.5, 0.6) is 0 Å². The summed E-state index contributed by atoms with van der Waals surface area (Å²) in [5.74, 6) is 0.504. The van der Waals surface area contributed by atoms with Crippen molar-refractivity contribution in [1.29, 1.82) is 0 Å². The van der Waals surface area contributed by atoms with Crippen molar-refractivity contribution in [1.82, 2.24) is 14.5 Å². The second kappa shape index (κ2) is 9.41. The number of nitrogens with zero attached hydrogens (tertiary/aromatic N) is 3. The number of amides is 1. The van der Waals surface area contributed by atoms with Gasteiger partial charge < -0.3 is 4.90 Å². The van der Waals surface area contributed by atoms with Crippen LogP contribution in [0, 0.1) is 13.8 Å². The highest BCUT2D eigenvalue weighted by Crippen LogP contribution is 2.26. The molecular formula is C28H29N3O2. The maximum absolute atomic E-state index is 13.7. The minimum absolute atomic E-state index is 0.0545. The van der Waals surface area contributed by atoms with E-state index in [0.717, 1.165) is 23.2 Å². The van der Waals surface area contributed by atoms with Gasteiger partial charge in [-0.25, -0.2) is 4.98 Å². The second-order valence-electron chi connectivity index (χ2n) is 8.40. The number of hydrogen-bond acceptors (Lipinski definition) is 3. The van der Waals surface area contributed by atoms with E-state index in [9.17, 15) is 9.59 Å². The van der Waals surface area contributed by atoms with Crippen molar-refractivity contribution >= 4 is 16.8 Å². The first-order valence-electron chi connectivity index (χ1n) is 11.4. The van der Waals surface area contributed by atoms with Crippen LogP contribution < -0.4 is 5.56 Å². The summed E-state index contributed by atoms with van der Waals surface area (Å²) in [6.07, 6.45) is 0.796. The molecule has 0 aliphatic rings. The molecule has 0 saturated heterocycles. The highest BCUT2D eigenvalue weighted by Gasteiger charge is 2.28. The number of aromatic nitrogens is 2. The summed E-state index contributed by atoms with van der Waals surface area (Å²) in [6, 6.07) is 22.4. The van der Waals surface area contributed by atoms with Gasteiger partial charge in [-0.2, -0.15) is 0 Å². The highest BCUT2D eigenvalue weighted by atomic mass is 16.2. The third-order valence-electron chi connectivity index (χ3n) is 6.10. The minimum atomic E-state index is -0.408. The Bertz CT molecular complexity index is 1370. The zero-order valence-corrected chi connectivity index (χ0v) is 19.6. The summed E-state index contributed by atoms with van der Waals surface area (Å²) in [5.41, 5.74) is 3.85. The molecule has 1 unspecified atom stereocenters. The molecule has 4 aromatic rings. The van der Waals surface area contributed by atoms with Gasteiger partial charge in [0.05, 0.1) is 22.6 Å². The number of fused-ring (bicyclic) bond motifs is 1. The average molecular weight is 440 g/mol. The number of para-hydroxylation sites is 2. The lowest BCUT2D eigenvalue weighted by Gasteiger charge is -2.31. The molecule has 1 amide bonds. The van der Waals surface area contributed by atoms with Gasteiger partial charge in [0, 0.05) is 12.1 Å². The predicted octanol–water partition coefficient (Wildman–Crippen LogP) is 5.62. The van der Waals surface area contributed by atoms with Gasteiger partial charge >= 0.3 is 0 Å². The third-order valence-corrected chi connectivity index (χ3v) is 6.10. The number of aryl methyl sites for hydroxylation is 2. The molecule has 1 heterocycles. The van der Waals surface area contributed by atoms with E-state index in [1.807, 2.05) is 99.3 Å². The van der Waals surface area contributed by atoms with Gasteiger partial charge in [0.2, 0.25) is 0 Å². The van der Waals surface area contributed by atoms with Crippen LogP contribution in [0.3, 0.4) is 0 Å². The lowest BCUT2D eigenvalue weighted by atomic mass is 10.1. The Hall–Kier alpha value is -3.73. The molecule has 0 saturated carbocycles. The average Bonchev–Trinajstić information content (AvgIpc) is 2.83. The van der Waals surface area contributed by atoms with Crippen LogP contribution in [0.25, 0.3) is 16.6 Å². The van der Waals surface area contributed by atoms with Crippen LogP contribution in [0.15, 0.2) is 77.6 Å². The van der Waals surface area contributed by atoms with Crippen LogP contribution in [0.2, 0.25) is 0 Å². The maximum Gasteiger partial charge on any atom is 0.266 e. The van der Waals surface area contributed by atoms with Crippen LogP contribution >= 0.6 is 0 Å². The topological polar surface area (TPSA) is 55.2 Å². The summed E-state index contributed by atoms with van der Waals surface area (Å²) >= 11 is 0. The molecule has 0 radical (unpaired) electrons. The Morgan fingerprint density at radius 2 is 1.58 bits per heavy atom. The second-order valence-corrected chi connectivity index (χ2v) is 8.40. The largest absolute Gasteiger partial charge is 0.329 e. The summed E-state index contributed by atoms with van der Waals surface area (Å²) in [7, 11) is 0. The SMILES string of the molecule is CCCN(C(=O)c1ccccc1C)C(C)c1nc2ccccc2c(=O)n1-c1ccccc1C. The first kappa shape index (κ1) is 22.5. The first-order valence-corrected chi connectivity index (χ1v) is 11.4. The fourth-order valence-electron chi connectivity index (χ4n) is 4.30. The summed E-state index contributed by atoms with van der Waals surface area (Å²) in [5, 5.41) is 0.559. The molecule has 5 nitrogen and oxygen atoms in total. The smallest absolute Gasteiger partial charge is 0.266 e. The molecule has 4 rings (SSSR count). The van der Waals surface area contributed by atoms with Crippen molar-refractivity contribution in [3.63, 3.8) is 0 Å². The summed E-state index contributed by atoms with van der Waals surface area (Å²) < 4.78 is 1.68. The lowest BCUT2D eigenvalue weighted by Crippen LogP contribution is -2.38. The molecule has 33 heavy (non-hydrogen) atoms. The van der Waals surface area contributed by atoms with Gasteiger partial charge in [0.15, 0.2) is 0 Å². The van der Waals surface area contributed by atoms with Crippen LogP contribution in [0.4, 0.5) is 0 Å². The molecule has 1 aromatic heterocycles. The third kappa shape index (κ3) is 4.19. The molecule has 0 fully saturated rings. The van der Waals surface area contributed by atoms with Crippen molar-refractivity contribution in [3.05, 3.63) is 106 Å². The maximum atomic E-state index is 13.7. The van der Waals surface area contributed by atoms with E-state index in [1.165, 1.54) is 0 Å². The molecule has 0 aliphatic carbocycles. The summed E-state index contributed by atoms with van der Waals surface area (Å²) in [4.78, 5) is 34.1. The number of carbonyl (C=O) groups excluding carboxylic acids is 1. The quantitative estimate of drug-likeness (QED) is 0.392. The lowest BCUT2D eigenvalue weighted by molar-refractivity contribution is 0.0680. The Morgan fingerprint density at radius 3 is 2.27 bits per heavy atom. The fraction of sp³-hybridized carbons (Fsp3) is 0.250. The Labute approximate surface area is 194 Å². The minimum Gasteiger partial charge on any atom is -0.329 e. The van der Waals surface area contributed by atoms with Gasteiger partial charge in [-0.3, -0.25) is 14.2 Å². The number of rotatable bonds is 6. The van der Waals surface area contributed by atoms with E-state index < -0.39 is 6.04 Å². The predicted molar refractivity (Wildman–Crippen MR) is 133 cm³/mol. The van der Waals surface area contributed by atoms with Crippen molar-refractivity contribution in [2.24, 2.45) is 0 Å². The van der Waals surface area contributed by atoms with Gasteiger partial charge in [0.1, 0.15) is 5.82 Å². The molecule has 1 atom stereocenters. The Kier molecular flexibility index (Phi) is 6.40. The van der Waals surface area contributed by atoms with Crippen LogP contribution in [-0.2, 0) is 0 Å². The fourth-order valence-corrected chi connectivity index (χ4v) is 4.30. The standard InChI is InChI=1S/C28H29N3O2/c1-5-18-30(27(32)22-14-8-6-12-19(22)2)21(4)26-29-24-16-10-9-15-23(24)28(33)31(26)25-17-11-7-13-20(25)3/h6-17,21H,5,18H2,1-4H3.